The average Bonchev–Trinajstić information content (AvgIpc) is 2.26. The van der Waals surface area contributed by atoms with Crippen molar-refractivity contribution in [2.75, 3.05) is 7.11 Å². The van der Waals surface area contributed by atoms with Crippen LogP contribution in [0.4, 0.5) is 0 Å². The Morgan fingerprint density at radius 1 is 1.50 bits per heavy atom. The molecule has 0 aliphatic carbocycles. The molecule has 0 amide bonds. The molecule has 0 aliphatic heterocycles. The number of methoxy groups -OCH3 is 1. The fraction of sp³-hybridized carbons (Fsp3) is 0.250. The van der Waals surface area contributed by atoms with Crippen LogP contribution in [0.15, 0.2) is 24.3 Å². The Labute approximate surface area is 93.8 Å². The zero-order chi connectivity index (χ0) is 12.1. The van der Waals surface area contributed by atoms with Crippen molar-refractivity contribution in [1.82, 2.24) is 0 Å². The number of carbonyl (C=O) groups is 1. The summed E-state index contributed by atoms with van der Waals surface area (Å²) in [7, 11) is 1.44. The SMILES string of the molecule is C/C=C/Cc1c(O)cc(C(=O)O)cc1OC. The summed E-state index contributed by atoms with van der Waals surface area (Å²) >= 11 is 0. The van der Waals surface area contributed by atoms with E-state index in [9.17, 15) is 9.90 Å². The van der Waals surface area contributed by atoms with Crippen LogP contribution in [-0.4, -0.2) is 23.3 Å². The predicted molar refractivity (Wildman–Crippen MR) is 60.1 cm³/mol. The summed E-state index contributed by atoms with van der Waals surface area (Å²) in [4.78, 5) is 10.8. The number of ether oxygens (including phenoxy) is 1. The lowest BCUT2D eigenvalue weighted by molar-refractivity contribution is 0.0696. The zero-order valence-corrected chi connectivity index (χ0v) is 9.23. The van der Waals surface area contributed by atoms with Gasteiger partial charge < -0.3 is 14.9 Å². The lowest BCUT2D eigenvalue weighted by Gasteiger charge is -2.10. The third kappa shape index (κ3) is 2.53. The number of phenols is 1. The van der Waals surface area contributed by atoms with Gasteiger partial charge in [-0.15, -0.1) is 0 Å². The van der Waals surface area contributed by atoms with Crippen LogP contribution < -0.4 is 4.74 Å². The maximum Gasteiger partial charge on any atom is 0.335 e. The number of hydrogen-bond acceptors (Lipinski definition) is 3. The third-order valence-corrected chi connectivity index (χ3v) is 2.21. The summed E-state index contributed by atoms with van der Waals surface area (Å²) in [6.45, 7) is 1.87. The minimum Gasteiger partial charge on any atom is -0.507 e. The molecule has 0 heterocycles. The van der Waals surface area contributed by atoms with E-state index < -0.39 is 5.97 Å². The molecule has 0 radical (unpaired) electrons. The molecule has 4 heteroatoms. The number of hydrogen-bond donors (Lipinski definition) is 2. The molecule has 16 heavy (non-hydrogen) atoms. The van der Waals surface area contributed by atoms with Gasteiger partial charge in [-0.2, -0.15) is 0 Å². The van der Waals surface area contributed by atoms with E-state index in [0.717, 1.165) is 0 Å². The van der Waals surface area contributed by atoms with Crippen LogP contribution in [-0.2, 0) is 6.42 Å². The standard InChI is InChI=1S/C12H14O4/c1-3-4-5-9-10(13)6-8(12(14)15)7-11(9)16-2/h3-4,6-7,13H,5H2,1-2H3,(H,14,15)/b4-3+. The summed E-state index contributed by atoms with van der Waals surface area (Å²) in [5.41, 5.74) is 0.601. The van der Waals surface area contributed by atoms with Crippen molar-refractivity contribution >= 4 is 5.97 Å². The van der Waals surface area contributed by atoms with Crippen molar-refractivity contribution in [3.63, 3.8) is 0 Å². The Morgan fingerprint density at radius 2 is 2.19 bits per heavy atom. The monoisotopic (exact) mass is 222 g/mol. The summed E-state index contributed by atoms with van der Waals surface area (Å²) < 4.78 is 5.06. The number of carboxylic acids is 1. The number of aromatic carboxylic acids is 1. The minimum absolute atomic E-state index is 0.0126. The molecular weight excluding hydrogens is 208 g/mol. The Bertz CT molecular complexity index is 421. The molecule has 2 N–H and O–H groups in total. The molecule has 0 atom stereocenters. The minimum atomic E-state index is -1.09. The second-order valence-electron chi connectivity index (χ2n) is 3.25. The molecule has 0 fully saturated rings. The van der Waals surface area contributed by atoms with Crippen LogP contribution in [0, 0.1) is 0 Å². The molecule has 0 saturated carbocycles. The smallest absolute Gasteiger partial charge is 0.335 e. The maximum atomic E-state index is 10.8. The van der Waals surface area contributed by atoms with E-state index in [-0.39, 0.29) is 11.3 Å². The zero-order valence-electron chi connectivity index (χ0n) is 9.23. The highest BCUT2D eigenvalue weighted by atomic mass is 16.5. The molecule has 86 valence electrons. The van der Waals surface area contributed by atoms with Crippen molar-refractivity contribution in [2.45, 2.75) is 13.3 Å². The highest BCUT2D eigenvalue weighted by Gasteiger charge is 2.13. The quantitative estimate of drug-likeness (QED) is 0.766. The molecule has 0 aromatic heterocycles. The van der Waals surface area contributed by atoms with Crippen LogP contribution in [0.3, 0.4) is 0 Å². The number of aromatic hydroxyl groups is 1. The van der Waals surface area contributed by atoms with Gasteiger partial charge in [-0.3, -0.25) is 0 Å². The first-order valence-electron chi connectivity index (χ1n) is 4.84. The molecular formula is C12H14O4. The van der Waals surface area contributed by atoms with Crippen LogP contribution in [0.2, 0.25) is 0 Å². The van der Waals surface area contributed by atoms with E-state index in [2.05, 4.69) is 0 Å². The fourth-order valence-electron chi connectivity index (χ4n) is 1.38. The maximum absolute atomic E-state index is 10.8. The van der Waals surface area contributed by atoms with Crippen molar-refractivity contribution in [3.05, 3.63) is 35.4 Å². The molecule has 4 nitrogen and oxygen atoms in total. The largest absolute Gasteiger partial charge is 0.507 e. The molecule has 1 rings (SSSR count). The molecule has 0 unspecified atom stereocenters. The van der Waals surface area contributed by atoms with E-state index in [1.807, 2.05) is 19.1 Å². The summed E-state index contributed by atoms with van der Waals surface area (Å²) in [6.07, 6.45) is 4.22. The van der Waals surface area contributed by atoms with E-state index in [0.29, 0.717) is 17.7 Å². The molecule has 0 aliphatic rings. The van der Waals surface area contributed by atoms with Gasteiger partial charge in [0, 0.05) is 5.56 Å². The lowest BCUT2D eigenvalue weighted by Crippen LogP contribution is -2.00. The van der Waals surface area contributed by atoms with E-state index in [4.69, 9.17) is 9.84 Å². The third-order valence-electron chi connectivity index (χ3n) is 2.21. The summed E-state index contributed by atoms with van der Waals surface area (Å²) in [5, 5.41) is 18.5. The Morgan fingerprint density at radius 3 is 2.69 bits per heavy atom. The first-order chi connectivity index (χ1) is 7.60. The number of rotatable bonds is 4. The van der Waals surface area contributed by atoms with E-state index in [1.165, 1.54) is 19.2 Å². The molecule has 0 saturated heterocycles. The number of allylic oxidation sites excluding steroid dienone is 2. The van der Waals surface area contributed by atoms with Crippen molar-refractivity contribution in [1.29, 1.82) is 0 Å². The number of benzene rings is 1. The Kier molecular flexibility index (Phi) is 3.94. The molecule has 1 aromatic carbocycles. The van der Waals surface area contributed by atoms with Gasteiger partial charge >= 0.3 is 5.97 Å². The molecule has 1 aromatic rings. The van der Waals surface area contributed by atoms with Crippen LogP contribution in [0.1, 0.15) is 22.8 Å². The summed E-state index contributed by atoms with van der Waals surface area (Å²) in [5.74, 6) is -0.767. The van der Waals surface area contributed by atoms with Gasteiger partial charge in [-0.25, -0.2) is 4.79 Å². The Balaban J connectivity index is 3.22. The van der Waals surface area contributed by atoms with Gasteiger partial charge in [0.15, 0.2) is 0 Å². The van der Waals surface area contributed by atoms with E-state index >= 15 is 0 Å². The molecule has 0 bridgehead atoms. The highest BCUT2D eigenvalue weighted by Crippen LogP contribution is 2.30. The van der Waals surface area contributed by atoms with Crippen molar-refractivity contribution < 1.29 is 19.7 Å². The number of carboxylic acid groups (broad SMARTS) is 1. The van der Waals surface area contributed by atoms with Gasteiger partial charge in [0.2, 0.25) is 0 Å². The van der Waals surface area contributed by atoms with Crippen molar-refractivity contribution in [3.8, 4) is 11.5 Å². The average molecular weight is 222 g/mol. The summed E-state index contributed by atoms with van der Waals surface area (Å²) in [6, 6.07) is 2.63. The highest BCUT2D eigenvalue weighted by molar-refractivity contribution is 5.89. The van der Waals surface area contributed by atoms with Crippen LogP contribution >= 0.6 is 0 Å². The normalized spacial score (nSPS) is 10.6. The first-order valence-corrected chi connectivity index (χ1v) is 4.84. The number of phenolic OH excluding ortho intramolecular Hbond substituents is 1. The van der Waals surface area contributed by atoms with Gasteiger partial charge in [-0.05, 0) is 25.5 Å². The second-order valence-corrected chi connectivity index (χ2v) is 3.25. The van der Waals surface area contributed by atoms with Crippen LogP contribution in [0.5, 0.6) is 11.5 Å². The fourth-order valence-corrected chi connectivity index (χ4v) is 1.38. The topological polar surface area (TPSA) is 66.8 Å². The van der Waals surface area contributed by atoms with Gasteiger partial charge in [0.25, 0.3) is 0 Å². The van der Waals surface area contributed by atoms with E-state index in [1.54, 1.807) is 0 Å². The first kappa shape index (κ1) is 12.1. The van der Waals surface area contributed by atoms with Gasteiger partial charge in [0.1, 0.15) is 11.5 Å². The Hall–Kier alpha value is -1.97. The van der Waals surface area contributed by atoms with Gasteiger partial charge in [-0.1, -0.05) is 12.2 Å². The lowest BCUT2D eigenvalue weighted by atomic mass is 10.1. The van der Waals surface area contributed by atoms with Crippen molar-refractivity contribution in [2.24, 2.45) is 0 Å². The second kappa shape index (κ2) is 5.21. The predicted octanol–water partition coefficient (Wildman–Crippen LogP) is 2.22. The molecule has 0 spiro atoms. The van der Waals surface area contributed by atoms with Gasteiger partial charge in [0.05, 0.1) is 12.7 Å². The van der Waals surface area contributed by atoms with Crippen LogP contribution in [0.25, 0.3) is 0 Å².